The Labute approximate surface area is 215 Å². The number of alkyl carbamates (subject to hydrolysis) is 1. The van der Waals surface area contributed by atoms with Crippen LogP contribution in [0.1, 0.15) is 24.5 Å². The molecule has 0 spiro atoms. The van der Waals surface area contributed by atoms with Gasteiger partial charge in [0.1, 0.15) is 12.6 Å². The number of amides is 3. The van der Waals surface area contributed by atoms with Crippen LogP contribution in [0.5, 0.6) is 0 Å². The summed E-state index contributed by atoms with van der Waals surface area (Å²) in [6.07, 6.45) is -0.146. The summed E-state index contributed by atoms with van der Waals surface area (Å²) in [4.78, 5) is 39.8. The van der Waals surface area contributed by atoms with Crippen LogP contribution < -0.4 is 15.5 Å². The summed E-state index contributed by atoms with van der Waals surface area (Å²) >= 11 is 1.58. The second-order valence-corrected chi connectivity index (χ2v) is 9.42. The van der Waals surface area contributed by atoms with Gasteiger partial charge in [0.05, 0.1) is 12.2 Å². The number of hydrogen-bond donors (Lipinski definition) is 2. The molecule has 0 saturated heterocycles. The van der Waals surface area contributed by atoms with E-state index in [-0.39, 0.29) is 18.4 Å². The largest absolute Gasteiger partial charge is 0.445 e. The van der Waals surface area contributed by atoms with Crippen molar-refractivity contribution in [3.8, 4) is 11.1 Å². The Morgan fingerprint density at radius 2 is 1.75 bits per heavy atom. The smallest absolute Gasteiger partial charge is 0.407 e. The van der Waals surface area contributed by atoms with Crippen LogP contribution in [0, 0.1) is 0 Å². The fraction of sp³-hybridized carbons (Fsp3) is 0.250. The standard InChI is InChI=1S/C28H29N3O4S/c1-3-26(32)30-23-18-36-25-11-7-6-10-24(25)31(27(23)33)16-19-12-14-20(15-13-19)22-9-5-4-8-21(22)17-35-28(34)29-2/h4-15,23H,3,16-18H2,1-2H3,(H,29,34)(H,30,32)/t23-/m1/s1. The topological polar surface area (TPSA) is 87.7 Å². The van der Waals surface area contributed by atoms with Gasteiger partial charge in [-0.3, -0.25) is 9.59 Å². The highest BCUT2D eigenvalue weighted by Gasteiger charge is 2.31. The molecule has 4 rings (SSSR count). The normalized spacial score (nSPS) is 15.0. The Bertz CT molecular complexity index is 1250. The maximum absolute atomic E-state index is 13.5. The first-order valence-corrected chi connectivity index (χ1v) is 12.8. The van der Waals surface area contributed by atoms with Crippen LogP contribution in [0.3, 0.4) is 0 Å². The van der Waals surface area contributed by atoms with Gasteiger partial charge in [-0.25, -0.2) is 4.79 Å². The maximum Gasteiger partial charge on any atom is 0.407 e. The van der Waals surface area contributed by atoms with Crippen molar-refractivity contribution in [3.05, 3.63) is 83.9 Å². The van der Waals surface area contributed by atoms with E-state index in [0.717, 1.165) is 32.8 Å². The molecule has 3 aromatic rings. The average Bonchev–Trinajstić information content (AvgIpc) is 3.04. The van der Waals surface area contributed by atoms with Gasteiger partial charge in [-0.2, -0.15) is 0 Å². The summed E-state index contributed by atoms with van der Waals surface area (Å²) in [6.45, 7) is 2.33. The van der Waals surface area contributed by atoms with Crippen molar-refractivity contribution < 1.29 is 19.1 Å². The first-order valence-electron chi connectivity index (χ1n) is 11.8. The van der Waals surface area contributed by atoms with Crippen LogP contribution in [0.4, 0.5) is 10.5 Å². The minimum atomic E-state index is -0.582. The van der Waals surface area contributed by atoms with Gasteiger partial charge in [0.2, 0.25) is 5.91 Å². The van der Waals surface area contributed by atoms with Crippen LogP contribution in [0.15, 0.2) is 77.7 Å². The third kappa shape index (κ3) is 5.88. The van der Waals surface area contributed by atoms with Crippen molar-refractivity contribution >= 4 is 35.4 Å². The molecular weight excluding hydrogens is 474 g/mol. The fourth-order valence-corrected chi connectivity index (χ4v) is 5.10. The van der Waals surface area contributed by atoms with E-state index in [9.17, 15) is 14.4 Å². The first-order chi connectivity index (χ1) is 17.5. The number of carbonyl (C=O) groups is 3. The number of rotatable bonds is 7. The molecule has 0 fully saturated rings. The lowest BCUT2D eigenvalue weighted by atomic mass is 9.99. The number of hydrogen-bond acceptors (Lipinski definition) is 5. The van der Waals surface area contributed by atoms with E-state index in [4.69, 9.17) is 4.74 Å². The number of nitrogens with zero attached hydrogens (tertiary/aromatic N) is 1. The highest BCUT2D eigenvalue weighted by atomic mass is 32.2. The second-order valence-electron chi connectivity index (χ2n) is 8.36. The van der Waals surface area contributed by atoms with Crippen molar-refractivity contribution in [1.82, 2.24) is 10.6 Å². The molecule has 0 bridgehead atoms. The monoisotopic (exact) mass is 503 g/mol. The number of para-hydroxylation sites is 1. The second kappa shape index (κ2) is 11.8. The molecule has 1 atom stereocenters. The van der Waals surface area contributed by atoms with E-state index in [1.807, 2.05) is 72.8 Å². The lowest BCUT2D eigenvalue weighted by Gasteiger charge is -2.26. The molecule has 8 heteroatoms. The predicted octanol–water partition coefficient (Wildman–Crippen LogP) is 4.74. The summed E-state index contributed by atoms with van der Waals surface area (Å²) in [6, 6.07) is 23.0. The van der Waals surface area contributed by atoms with E-state index in [0.29, 0.717) is 18.7 Å². The van der Waals surface area contributed by atoms with Gasteiger partial charge in [0, 0.05) is 24.1 Å². The van der Waals surface area contributed by atoms with E-state index < -0.39 is 12.1 Å². The third-order valence-corrected chi connectivity index (χ3v) is 7.12. The van der Waals surface area contributed by atoms with E-state index in [2.05, 4.69) is 10.6 Å². The van der Waals surface area contributed by atoms with E-state index >= 15 is 0 Å². The zero-order chi connectivity index (χ0) is 25.5. The van der Waals surface area contributed by atoms with Gasteiger partial charge < -0.3 is 20.3 Å². The number of carbonyl (C=O) groups excluding carboxylic acids is 3. The molecule has 36 heavy (non-hydrogen) atoms. The van der Waals surface area contributed by atoms with Gasteiger partial charge in [0.15, 0.2) is 0 Å². The van der Waals surface area contributed by atoms with Crippen molar-refractivity contribution in [1.29, 1.82) is 0 Å². The van der Waals surface area contributed by atoms with Crippen LogP contribution in [-0.2, 0) is 27.5 Å². The Morgan fingerprint density at radius 3 is 2.50 bits per heavy atom. The SMILES string of the molecule is CCC(=O)N[C@@H]1CSc2ccccc2N(Cc2ccc(-c3ccccc3COC(=O)NC)cc2)C1=O. The van der Waals surface area contributed by atoms with Crippen LogP contribution in [0.2, 0.25) is 0 Å². The minimum absolute atomic E-state index is 0.116. The molecule has 1 aliphatic heterocycles. The molecule has 0 saturated carbocycles. The molecule has 3 amide bonds. The molecule has 0 radical (unpaired) electrons. The Morgan fingerprint density at radius 1 is 1.03 bits per heavy atom. The van der Waals surface area contributed by atoms with Crippen LogP contribution in [-0.4, -0.2) is 36.7 Å². The van der Waals surface area contributed by atoms with Crippen molar-refractivity contribution in [3.63, 3.8) is 0 Å². The minimum Gasteiger partial charge on any atom is -0.445 e. The lowest BCUT2D eigenvalue weighted by molar-refractivity contribution is -0.127. The molecule has 186 valence electrons. The summed E-state index contributed by atoms with van der Waals surface area (Å²) in [5, 5.41) is 5.33. The average molecular weight is 504 g/mol. The van der Waals surface area contributed by atoms with Crippen molar-refractivity contribution in [2.75, 3.05) is 17.7 Å². The molecule has 0 aliphatic carbocycles. The molecule has 1 heterocycles. The van der Waals surface area contributed by atoms with Crippen LogP contribution >= 0.6 is 11.8 Å². The summed E-state index contributed by atoms with van der Waals surface area (Å²) in [7, 11) is 1.53. The van der Waals surface area contributed by atoms with Crippen molar-refractivity contribution in [2.45, 2.75) is 37.4 Å². The molecule has 7 nitrogen and oxygen atoms in total. The number of benzene rings is 3. The molecule has 3 aromatic carbocycles. The number of nitrogens with one attached hydrogen (secondary N) is 2. The van der Waals surface area contributed by atoms with E-state index in [1.54, 1.807) is 23.6 Å². The summed E-state index contributed by atoms with van der Waals surface area (Å²) in [5.74, 6) is 0.240. The molecule has 1 aliphatic rings. The number of thioether (sulfide) groups is 1. The Hall–Kier alpha value is -3.78. The van der Waals surface area contributed by atoms with Gasteiger partial charge in [-0.15, -0.1) is 11.8 Å². The third-order valence-electron chi connectivity index (χ3n) is 5.97. The number of fused-ring (bicyclic) bond motifs is 1. The molecule has 0 aromatic heterocycles. The Kier molecular flexibility index (Phi) is 8.28. The van der Waals surface area contributed by atoms with E-state index in [1.165, 1.54) is 7.05 Å². The highest BCUT2D eigenvalue weighted by Crippen LogP contribution is 2.35. The quantitative estimate of drug-likeness (QED) is 0.486. The number of anilines is 1. The molecular formula is C28H29N3O4S. The van der Waals surface area contributed by atoms with Gasteiger partial charge in [-0.1, -0.05) is 67.6 Å². The van der Waals surface area contributed by atoms with Crippen LogP contribution in [0.25, 0.3) is 11.1 Å². The maximum atomic E-state index is 13.5. The fourth-order valence-electron chi connectivity index (χ4n) is 4.03. The zero-order valence-corrected chi connectivity index (χ0v) is 21.1. The summed E-state index contributed by atoms with van der Waals surface area (Å²) in [5.41, 5.74) is 4.68. The highest BCUT2D eigenvalue weighted by molar-refractivity contribution is 7.99. The lowest BCUT2D eigenvalue weighted by Crippen LogP contribution is -2.49. The number of ether oxygens (including phenoxy) is 1. The van der Waals surface area contributed by atoms with Gasteiger partial charge in [-0.05, 0) is 34.4 Å². The first kappa shape index (κ1) is 25.3. The van der Waals surface area contributed by atoms with Crippen molar-refractivity contribution in [2.24, 2.45) is 0 Å². The Balaban J connectivity index is 1.57. The predicted molar refractivity (Wildman–Crippen MR) is 142 cm³/mol. The van der Waals surface area contributed by atoms with Gasteiger partial charge >= 0.3 is 6.09 Å². The van der Waals surface area contributed by atoms with Gasteiger partial charge in [0.25, 0.3) is 5.91 Å². The zero-order valence-electron chi connectivity index (χ0n) is 20.3. The molecule has 0 unspecified atom stereocenters. The molecule has 2 N–H and O–H groups in total. The summed E-state index contributed by atoms with van der Waals surface area (Å²) < 4.78 is 5.24.